The molecule has 0 saturated carbocycles. The standard InChI is InChI=1S/C13H8BrN3O2S/c14-8-1-3-9(4-2-8)16-11(18)10-7-15-13-17(12(10)19)5-6-20-13/h1-7H,(H,16,18). The molecule has 3 aromatic rings. The van der Waals surface area contributed by atoms with Crippen LogP contribution in [0.5, 0.6) is 0 Å². The molecule has 5 nitrogen and oxygen atoms in total. The lowest BCUT2D eigenvalue weighted by Crippen LogP contribution is -2.25. The number of thiazole rings is 1. The van der Waals surface area contributed by atoms with E-state index in [2.05, 4.69) is 26.2 Å². The minimum absolute atomic E-state index is 0.0174. The van der Waals surface area contributed by atoms with Gasteiger partial charge in [0.15, 0.2) is 4.96 Å². The maximum atomic E-state index is 12.1. The Morgan fingerprint density at radius 1 is 1.30 bits per heavy atom. The van der Waals surface area contributed by atoms with Crippen molar-refractivity contribution >= 4 is 43.8 Å². The van der Waals surface area contributed by atoms with E-state index in [-0.39, 0.29) is 11.1 Å². The van der Waals surface area contributed by atoms with Crippen molar-refractivity contribution in [2.45, 2.75) is 0 Å². The first-order valence-electron chi connectivity index (χ1n) is 5.67. The number of hydrogen-bond acceptors (Lipinski definition) is 4. The zero-order chi connectivity index (χ0) is 14.1. The van der Waals surface area contributed by atoms with Crippen LogP contribution in [0.4, 0.5) is 5.69 Å². The van der Waals surface area contributed by atoms with Crippen LogP contribution in [0.15, 0.2) is 51.3 Å². The third-order valence-corrected chi connectivity index (χ3v) is 3.99. The lowest BCUT2D eigenvalue weighted by atomic mass is 10.2. The first-order valence-corrected chi connectivity index (χ1v) is 7.34. The highest BCUT2D eigenvalue weighted by Crippen LogP contribution is 2.14. The molecule has 2 heterocycles. The topological polar surface area (TPSA) is 63.5 Å². The van der Waals surface area contributed by atoms with Gasteiger partial charge in [-0.05, 0) is 24.3 Å². The highest BCUT2D eigenvalue weighted by atomic mass is 79.9. The SMILES string of the molecule is O=C(Nc1ccc(Br)cc1)c1cnc2sccn2c1=O. The number of carbonyl (C=O) groups is 1. The Hall–Kier alpha value is -1.99. The van der Waals surface area contributed by atoms with Crippen LogP contribution in [0.3, 0.4) is 0 Å². The lowest BCUT2D eigenvalue weighted by Gasteiger charge is -2.04. The van der Waals surface area contributed by atoms with E-state index in [1.54, 1.807) is 23.7 Å². The van der Waals surface area contributed by atoms with E-state index in [0.717, 1.165) is 4.47 Å². The smallest absolute Gasteiger partial charge is 0.271 e. The third-order valence-electron chi connectivity index (χ3n) is 2.69. The second-order valence-corrected chi connectivity index (χ2v) is 5.78. The number of halogens is 1. The van der Waals surface area contributed by atoms with E-state index >= 15 is 0 Å². The molecule has 0 aliphatic heterocycles. The van der Waals surface area contributed by atoms with Gasteiger partial charge in [0.25, 0.3) is 11.5 Å². The average molecular weight is 350 g/mol. The van der Waals surface area contributed by atoms with Gasteiger partial charge in [0.2, 0.25) is 0 Å². The van der Waals surface area contributed by atoms with Gasteiger partial charge < -0.3 is 5.32 Å². The number of fused-ring (bicyclic) bond motifs is 1. The monoisotopic (exact) mass is 349 g/mol. The van der Waals surface area contributed by atoms with Crippen LogP contribution in [-0.2, 0) is 0 Å². The molecule has 1 aromatic carbocycles. The van der Waals surface area contributed by atoms with Crippen molar-refractivity contribution in [3.05, 3.63) is 62.4 Å². The molecule has 0 radical (unpaired) electrons. The summed E-state index contributed by atoms with van der Waals surface area (Å²) in [5, 5.41) is 4.42. The first-order chi connectivity index (χ1) is 9.65. The number of benzene rings is 1. The molecule has 3 rings (SSSR count). The second kappa shape index (κ2) is 5.18. The van der Waals surface area contributed by atoms with E-state index < -0.39 is 5.91 Å². The average Bonchev–Trinajstić information content (AvgIpc) is 2.91. The molecule has 0 unspecified atom stereocenters. The fourth-order valence-electron chi connectivity index (χ4n) is 1.71. The fraction of sp³-hybridized carbons (Fsp3) is 0. The van der Waals surface area contributed by atoms with Gasteiger partial charge in [0, 0.05) is 27.9 Å². The van der Waals surface area contributed by atoms with Crippen molar-refractivity contribution in [2.24, 2.45) is 0 Å². The minimum atomic E-state index is -0.467. The maximum absolute atomic E-state index is 12.1. The van der Waals surface area contributed by atoms with Crippen LogP contribution >= 0.6 is 27.3 Å². The molecule has 0 aliphatic carbocycles. The number of carbonyl (C=O) groups excluding carboxylic acids is 1. The van der Waals surface area contributed by atoms with Crippen LogP contribution < -0.4 is 10.9 Å². The third kappa shape index (κ3) is 2.37. The number of rotatable bonds is 2. The van der Waals surface area contributed by atoms with Gasteiger partial charge in [-0.1, -0.05) is 15.9 Å². The first kappa shape index (κ1) is 13.0. The predicted molar refractivity (Wildman–Crippen MR) is 81.4 cm³/mol. The molecule has 0 aliphatic rings. The maximum Gasteiger partial charge on any atom is 0.271 e. The fourth-order valence-corrected chi connectivity index (χ4v) is 2.65. The van der Waals surface area contributed by atoms with Gasteiger partial charge in [-0.2, -0.15) is 0 Å². The Bertz CT molecular complexity index is 839. The number of amides is 1. The Labute approximate surface area is 126 Å². The summed E-state index contributed by atoms with van der Waals surface area (Å²) in [6.07, 6.45) is 2.91. The van der Waals surface area contributed by atoms with Crippen LogP contribution in [-0.4, -0.2) is 15.3 Å². The molecule has 0 fully saturated rings. The second-order valence-electron chi connectivity index (χ2n) is 3.99. The van der Waals surface area contributed by atoms with E-state index in [0.29, 0.717) is 10.6 Å². The van der Waals surface area contributed by atoms with E-state index in [4.69, 9.17) is 0 Å². The molecular formula is C13H8BrN3O2S. The molecule has 7 heteroatoms. The Balaban J connectivity index is 1.94. The van der Waals surface area contributed by atoms with Gasteiger partial charge in [-0.15, -0.1) is 11.3 Å². The Morgan fingerprint density at radius 3 is 2.80 bits per heavy atom. The van der Waals surface area contributed by atoms with E-state index in [1.807, 2.05) is 12.1 Å². The summed E-state index contributed by atoms with van der Waals surface area (Å²) in [4.78, 5) is 28.9. The highest BCUT2D eigenvalue weighted by molar-refractivity contribution is 9.10. The van der Waals surface area contributed by atoms with Crippen molar-refractivity contribution in [2.75, 3.05) is 5.32 Å². The van der Waals surface area contributed by atoms with Crippen LogP contribution in [0.1, 0.15) is 10.4 Å². The van der Waals surface area contributed by atoms with Crippen LogP contribution in [0, 0.1) is 0 Å². The van der Waals surface area contributed by atoms with Gasteiger partial charge in [0.05, 0.1) is 0 Å². The largest absolute Gasteiger partial charge is 0.322 e. The number of hydrogen-bond donors (Lipinski definition) is 1. The quantitative estimate of drug-likeness (QED) is 0.773. The molecule has 2 aromatic heterocycles. The summed E-state index contributed by atoms with van der Waals surface area (Å²) in [5.74, 6) is -0.467. The zero-order valence-electron chi connectivity index (χ0n) is 10.0. The van der Waals surface area contributed by atoms with E-state index in [1.165, 1.54) is 21.9 Å². The molecule has 1 amide bonds. The van der Waals surface area contributed by atoms with Gasteiger partial charge >= 0.3 is 0 Å². The van der Waals surface area contributed by atoms with Crippen LogP contribution in [0.2, 0.25) is 0 Å². The number of nitrogens with zero attached hydrogens (tertiary/aromatic N) is 2. The molecule has 0 bridgehead atoms. The molecule has 0 spiro atoms. The van der Waals surface area contributed by atoms with Gasteiger partial charge in [0.1, 0.15) is 5.56 Å². The molecule has 1 N–H and O–H groups in total. The molecule has 100 valence electrons. The predicted octanol–water partition coefficient (Wildman–Crippen LogP) is 2.77. The summed E-state index contributed by atoms with van der Waals surface area (Å²) < 4.78 is 2.28. The number of anilines is 1. The Morgan fingerprint density at radius 2 is 2.05 bits per heavy atom. The van der Waals surface area contributed by atoms with Crippen molar-refractivity contribution in [1.29, 1.82) is 0 Å². The molecule has 0 atom stereocenters. The Kier molecular flexibility index (Phi) is 3.37. The summed E-state index contributed by atoms with van der Waals surface area (Å²) in [6, 6.07) is 7.11. The molecule has 0 saturated heterocycles. The van der Waals surface area contributed by atoms with E-state index in [9.17, 15) is 9.59 Å². The minimum Gasteiger partial charge on any atom is -0.322 e. The van der Waals surface area contributed by atoms with Crippen molar-refractivity contribution in [1.82, 2.24) is 9.38 Å². The van der Waals surface area contributed by atoms with Crippen LogP contribution in [0.25, 0.3) is 4.96 Å². The number of nitrogens with one attached hydrogen (secondary N) is 1. The summed E-state index contributed by atoms with van der Waals surface area (Å²) in [6.45, 7) is 0. The van der Waals surface area contributed by atoms with Gasteiger partial charge in [-0.25, -0.2) is 4.98 Å². The van der Waals surface area contributed by atoms with Crippen molar-refractivity contribution in [3.63, 3.8) is 0 Å². The normalized spacial score (nSPS) is 10.7. The summed E-state index contributed by atoms with van der Waals surface area (Å²) in [5.41, 5.74) is 0.266. The lowest BCUT2D eigenvalue weighted by molar-refractivity contribution is 0.102. The van der Waals surface area contributed by atoms with Crippen molar-refractivity contribution < 1.29 is 4.79 Å². The molecular weight excluding hydrogens is 342 g/mol. The summed E-state index contributed by atoms with van der Waals surface area (Å²) >= 11 is 4.66. The molecule has 20 heavy (non-hydrogen) atoms. The van der Waals surface area contributed by atoms with Gasteiger partial charge in [-0.3, -0.25) is 14.0 Å². The summed E-state index contributed by atoms with van der Waals surface area (Å²) in [7, 11) is 0. The zero-order valence-corrected chi connectivity index (χ0v) is 12.4. The highest BCUT2D eigenvalue weighted by Gasteiger charge is 2.13. The van der Waals surface area contributed by atoms with Crippen molar-refractivity contribution in [3.8, 4) is 0 Å². The number of aromatic nitrogens is 2.